The molecule has 2 amide bonds. The molecule has 1 aliphatic rings. The van der Waals surface area contributed by atoms with Crippen LogP contribution in [0.4, 0.5) is 10.5 Å². The van der Waals surface area contributed by atoms with Crippen molar-refractivity contribution in [1.82, 2.24) is 9.47 Å². The number of rotatable bonds is 4. The second-order valence-electron chi connectivity index (χ2n) is 6.32. The lowest BCUT2D eigenvalue weighted by Crippen LogP contribution is -2.44. The van der Waals surface area contributed by atoms with Gasteiger partial charge in [0.15, 0.2) is 0 Å². The normalized spacial score (nSPS) is 16.5. The molecule has 2 heterocycles. The van der Waals surface area contributed by atoms with Crippen LogP contribution in [-0.4, -0.2) is 29.2 Å². The first kappa shape index (κ1) is 17.7. The van der Waals surface area contributed by atoms with E-state index >= 15 is 0 Å². The van der Waals surface area contributed by atoms with Gasteiger partial charge in [-0.25, -0.2) is 4.79 Å². The zero-order valence-corrected chi connectivity index (χ0v) is 15.6. The molecule has 0 saturated heterocycles. The van der Waals surface area contributed by atoms with Crippen LogP contribution in [0.15, 0.2) is 30.3 Å². The molecule has 1 N–H and O–H groups in total. The number of benzene rings is 1. The molecule has 1 atom stereocenters. The zero-order valence-electron chi connectivity index (χ0n) is 14.9. The summed E-state index contributed by atoms with van der Waals surface area (Å²) in [4.78, 5) is 14.9. The van der Waals surface area contributed by atoms with E-state index in [1.165, 1.54) is 11.4 Å². The predicted octanol–water partition coefficient (Wildman–Crippen LogP) is 4.85. The molecule has 1 aliphatic heterocycles. The Balaban J connectivity index is 1.85. The van der Waals surface area contributed by atoms with Gasteiger partial charge < -0.3 is 19.5 Å². The van der Waals surface area contributed by atoms with Crippen LogP contribution in [0.25, 0.3) is 0 Å². The molecular weight excluding hydrogens is 338 g/mol. The van der Waals surface area contributed by atoms with Crippen molar-refractivity contribution in [3.63, 3.8) is 0 Å². The number of nitrogens with zero attached hydrogens (tertiary/aromatic N) is 2. The average molecular weight is 362 g/mol. The van der Waals surface area contributed by atoms with Crippen LogP contribution in [0.5, 0.6) is 5.75 Å². The number of urea groups is 1. The van der Waals surface area contributed by atoms with Crippen LogP contribution in [0.3, 0.4) is 0 Å². The lowest BCUT2D eigenvalue weighted by atomic mass is 10.0. The summed E-state index contributed by atoms with van der Waals surface area (Å²) in [6.07, 6.45) is 1.95. The van der Waals surface area contributed by atoms with Gasteiger partial charge in [-0.2, -0.15) is 0 Å². The molecule has 25 heavy (non-hydrogen) atoms. The van der Waals surface area contributed by atoms with Crippen molar-refractivity contribution >= 4 is 23.3 Å². The number of ether oxygens (including phenoxy) is 1. The van der Waals surface area contributed by atoms with E-state index < -0.39 is 0 Å². The van der Waals surface area contributed by atoms with Crippen LogP contribution in [0.2, 0.25) is 5.02 Å². The molecule has 0 spiro atoms. The number of halogens is 1. The van der Waals surface area contributed by atoms with Gasteiger partial charge in [-0.05, 0) is 43.7 Å². The summed E-state index contributed by atoms with van der Waals surface area (Å²) >= 11 is 6.07. The molecule has 1 aromatic carbocycles. The molecule has 0 saturated carbocycles. The number of carbonyl (C=O) groups excluding carboxylic acids is 1. The maximum Gasteiger partial charge on any atom is 0.322 e. The Labute approximate surface area is 153 Å². The molecule has 0 unspecified atom stereocenters. The number of anilines is 1. The molecule has 1 aromatic heterocycles. The van der Waals surface area contributed by atoms with Gasteiger partial charge in [0.25, 0.3) is 0 Å². The highest BCUT2D eigenvalue weighted by molar-refractivity contribution is 6.31. The van der Waals surface area contributed by atoms with Crippen LogP contribution in [0.1, 0.15) is 37.2 Å². The number of aromatic nitrogens is 1. The van der Waals surface area contributed by atoms with Crippen molar-refractivity contribution in [2.24, 2.45) is 0 Å². The quantitative estimate of drug-likeness (QED) is 0.846. The van der Waals surface area contributed by atoms with Crippen LogP contribution >= 0.6 is 11.6 Å². The Morgan fingerprint density at radius 1 is 1.32 bits per heavy atom. The molecule has 3 rings (SSSR count). The third-order valence-electron chi connectivity index (χ3n) is 4.74. The summed E-state index contributed by atoms with van der Waals surface area (Å²) in [5.74, 6) is 0.598. The summed E-state index contributed by atoms with van der Waals surface area (Å²) in [6.45, 7) is 5.75. The minimum Gasteiger partial charge on any atom is -0.495 e. The van der Waals surface area contributed by atoms with Gasteiger partial charge in [-0.1, -0.05) is 24.9 Å². The van der Waals surface area contributed by atoms with Crippen LogP contribution < -0.4 is 10.1 Å². The van der Waals surface area contributed by atoms with Gasteiger partial charge >= 0.3 is 6.03 Å². The minimum absolute atomic E-state index is 0.0811. The fraction of sp³-hybridized carbons (Fsp3) is 0.421. The third kappa shape index (κ3) is 3.47. The van der Waals surface area contributed by atoms with Crippen molar-refractivity contribution in [1.29, 1.82) is 0 Å². The van der Waals surface area contributed by atoms with E-state index in [1.807, 2.05) is 4.90 Å². The first-order chi connectivity index (χ1) is 12.0. The zero-order chi connectivity index (χ0) is 18.0. The molecule has 0 aliphatic carbocycles. The highest BCUT2D eigenvalue weighted by Gasteiger charge is 2.31. The number of hydrogen-bond donors (Lipinski definition) is 1. The SMILES string of the molecule is CCC[C@@H]1c2ccc(C)n2CCN1C(=O)Nc1cc(Cl)ccc1OC. The van der Waals surface area contributed by atoms with Crippen LogP contribution in [0, 0.1) is 6.92 Å². The average Bonchev–Trinajstić information content (AvgIpc) is 2.97. The topological polar surface area (TPSA) is 46.5 Å². The number of hydrogen-bond acceptors (Lipinski definition) is 2. The monoisotopic (exact) mass is 361 g/mol. The van der Waals surface area contributed by atoms with E-state index in [-0.39, 0.29) is 12.1 Å². The second kappa shape index (κ2) is 7.40. The summed E-state index contributed by atoms with van der Waals surface area (Å²) in [7, 11) is 1.58. The molecule has 5 nitrogen and oxygen atoms in total. The number of aryl methyl sites for hydroxylation is 1. The molecule has 0 fully saturated rings. The largest absolute Gasteiger partial charge is 0.495 e. The highest BCUT2D eigenvalue weighted by Crippen LogP contribution is 2.33. The Kier molecular flexibility index (Phi) is 5.23. The van der Waals surface area contributed by atoms with E-state index in [0.717, 1.165) is 19.4 Å². The molecule has 0 radical (unpaired) electrons. The number of amides is 2. The van der Waals surface area contributed by atoms with Crippen molar-refractivity contribution < 1.29 is 9.53 Å². The lowest BCUT2D eigenvalue weighted by Gasteiger charge is -2.37. The van der Waals surface area contributed by atoms with Gasteiger partial charge in [0, 0.05) is 29.5 Å². The Bertz CT molecular complexity index is 772. The van der Waals surface area contributed by atoms with Crippen molar-refractivity contribution in [2.45, 2.75) is 39.3 Å². The summed E-state index contributed by atoms with van der Waals surface area (Å²) in [5, 5.41) is 3.53. The van der Waals surface area contributed by atoms with E-state index in [2.05, 4.69) is 35.9 Å². The Morgan fingerprint density at radius 3 is 2.84 bits per heavy atom. The van der Waals surface area contributed by atoms with Gasteiger partial charge in [-0.3, -0.25) is 0 Å². The number of methoxy groups -OCH3 is 1. The van der Waals surface area contributed by atoms with Gasteiger partial charge in [0.1, 0.15) is 5.75 Å². The molecule has 134 valence electrons. The van der Waals surface area contributed by atoms with Gasteiger partial charge in [0.2, 0.25) is 0 Å². The molecular formula is C19H24ClN3O2. The third-order valence-corrected chi connectivity index (χ3v) is 4.98. The Hall–Kier alpha value is -2.14. The molecule has 2 aromatic rings. The van der Waals surface area contributed by atoms with E-state index in [9.17, 15) is 4.79 Å². The molecule has 6 heteroatoms. The minimum atomic E-state index is -0.121. The lowest BCUT2D eigenvalue weighted by molar-refractivity contribution is 0.162. The number of nitrogens with one attached hydrogen (secondary N) is 1. The number of carbonyl (C=O) groups is 1. The number of fused-ring (bicyclic) bond motifs is 1. The maximum absolute atomic E-state index is 13.0. The summed E-state index contributed by atoms with van der Waals surface area (Å²) in [5.41, 5.74) is 3.04. The molecule has 0 bridgehead atoms. The van der Waals surface area contributed by atoms with Gasteiger partial charge in [0.05, 0.1) is 18.8 Å². The van der Waals surface area contributed by atoms with E-state index in [4.69, 9.17) is 16.3 Å². The van der Waals surface area contributed by atoms with Crippen molar-refractivity contribution in [3.05, 3.63) is 46.7 Å². The first-order valence-corrected chi connectivity index (χ1v) is 9.00. The van der Waals surface area contributed by atoms with Crippen molar-refractivity contribution in [3.8, 4) is 5.75 Å². The smallest absolute Gasteiger partial charge is 0.322 e. The van der Waals surface area contributed by atoms with Crippen molar-refractivity contribution in [2.75, 3.05) is 19.0 Å². The predicted molar refractivity (Wildman–Crippen MR) is 101 cm³/mol. The second-order valence-corrected chi connectivity index (χ2v) is 6.76. The van der Waals surface area contributed by atoms with E-state index in [1.54, 1.807) is 25.3 Å². The highest BCUT2D eigenvalue weighted by atomic mass is 35.5. The Morgan fingerprint density at radius 2 is 2.12 bits per heavy atom. The summed E-state index contributed by atoms with van der Waals surface area (Å²) in [6, 6.07) is 9.43. The van der Waals surface area contributed by atoms with Crippen LogP contribution in [-0.2, 0) is 6.54 Å². The fourth-order valence-corrected chi connectivity index (χ4v) is 3.67. The van der Waals surface area contributed by atoms with Gasteiger partial charge in [-0.15, -0.1) is 0 Å². The standard InChI is InChI=1S/C19H24ClN3O2/c1-4-5-16-17-8-6-13(2)22(17)10-11-23(16)19(24)21-15-12-14(20)7-9-18(15)25-3/h6-9,12,16H,4-5,10-11H2,1-3H3,(H,21,24)/t16-/m1/s1. The van der Waals surface area contributed by atoms with E-state index in [0.29, 0.717) is 23.0 Å². The summed E-state index contributed by atoms with van der Waals surface area (Å²) < 4.78 is 7.64. The maximum atomic E-state index is 13.0. The fourth-order valence-electron chi connectivity index (χ4n) is 3.49. The first-order valence-electron chi connectivity index (χ1n) is 8.62.